The van der Waals surface area contributed by atoms with Crippen LogP contribution in [0.1, 0.15) is 18.1 Å². The van der Waals surface area contributed by atoms with Crippen LogP contribution in [0, 0.1) is 0 Å². The number of aryl methyl sites for hydroxylation is 1. The second kappa shape index (κ2) is 5.55. The molecule has 0 unspecified atom stereocenters. The third-order valence-corrected chi connectivity index (χ3v) is 3.56. The van der Waals surface area contributed by atoms with Crippen molar-refractivity contribution < 1.29 is 0 Å². The van der Waals surface area contributed by atoms with Crippen LogP contribution in [0.4, 0.5) is 0 Å². The molecule has 1 rings (SSSR count). The van der Waals surface area contributed by atoms with Gasteiger partial charge in [0.2, 0.25) is 0 Å². The molecule has 0 fully saturated rings. The molecule has 0 aliphatic heterocycles. The smallest absolute Gasteiger partial charge is 0.0291 e. The molecule has 0 amide bonds. The van der Waals surface area contributed by atoms with E-state index in [1.807, 2.05) is 21.6 Å². The molecule has 0 saturated heterocycles. The highest BCUT2D eigenvalue weighted by Gasteiger charge is 1.98. The molecule has 0 bridgehead atoms. The molecule has 0 N–H and O–H groups in total. The molecule has 1 aromatic rings. The van der Waals surface area contributed by atoms with Gasteiger partial charge >= 0.3 is 0 Å². The van der Waals surface area contributed by atoms with Gasteiger partial charge in [0, 0.05) is 5.75 Å². The predicted molar refractivity (Wildman–Crippen MR) is 60.6 cm³/mol. The molecule has 0 atom stereocenters. The van der Waals surface area contributed by atoms with Gasteiger partial charge in [0.15, 0.2) is 0 Å². The summed E-state index contributed by atoms with van der Waals surface area (Å²) < 4.78 is 0. The molecule has 0 aromatic heterocycles. The van der Waals surface area contributed by atoms with Gasteiger partial charge in [-0.3, -0.25) is 0 Å². The highest BCUT2D eigenvalue weighted by atomic mass is 33.1. The molecule has 0 saturated carbocycles. The van der Waals surface area contributed by atoms with Crippen LogP contribution in [-0.2, 0) is 12.2 Å². The third kappa shape index (κ3) is 2.76. The van der Waals surface area contributed by atoms with E-state index in [1.165, 1.54) is 11.1 Å². The minimum Gasteiger partial charge on any atom is -0.0973 e. The van der Waals surface area contributed by atoms with Crippen molar-refractivity contribution in [1.29, 1.82) is 0 Å². The summed E-state index contributed by atoms with van der Waals surface area (Å²) in [6.45, 7) is 2.21. The van der Waals surface area contributed by atoms with E-state index in [0.29, 0.717) is 0 Å². The van der Waals surface area contributed by atoms with Gasteiger partial charge in [-0.15, -0.1) is 0 Å². The Morgan fingerprint density at radius 2 is 1.83 bits per heavy atom. The SMILES string of the molecule is CCc1ccccc1CSSC. The van der Waals surface area contributed by atoms with Crippen molar-refractivity contribution in [2.24, 2.45) is 0 Å². The monoisotopic (exact) mass is 198 g/mol. The zero-order chi connectivity index (χ0) is 8.81. The van der Waals surface area contributed by atoms with Gasteiger partial charge < -0.3 is 0 Å². The Balaban J connectivity index is 2.68. The summed E-state index contributed by atoms with van der Waals surface area (Å²) in [5, 5.41) is 0. The molecular weight excluding hydrogens is 184 g/mol. The fourth-order valence-electron chi connectivity index (χ4n) is 1.17. The largest absolute Gasteiger partial charge is 0.0973 e. The Bertz CT molecular complexity index is 233. The first kappa shape index (κ1) is 10.0. The van der Waals surface area contributed by atoms with E-state index in [-0.39, 0.29) is 0 Å². The summed E-state index contributed by atoms with van der Waals surface area (Å²) >= 11 is 0. The molecule has 0 aliphatic rings. The Morgan fingerprint density at radius 1 is 1.17 bits per heavy atom. The van der Waals surface area contributed by atoms with E-state index >= 15 is 0 Å². The normalized spacial score (nSPS) is 10.2. The van der Waals surface area contributed by atoms with Crippen molar-refractivity contribution in [2.75, 3.05) is 6.26 Å². The minimum absolute atomic E-state index is 1.13. The molecule has 66 valence electrons. The Hall–Kier alpha value is -0.0800. The van der Waals surface area contributed by atoms with E-state index in [0.717, 1.165) is 12.2 Å². The maximum Gasteiger partial charge on any atom is 0.0291 e. The molecule has 1 aromatic carbocycles. The lowest BCUT2D eigenvalue weighted by Gasteiger charge is -2.05. The van der Waals surface area contributed by atoms with Crippen LogP contribution in [0.3, 0.4) is 0 Å². The Labute approximate surface area is 82.5 Å². The molecular formula is C10H14S2. The Morgan fingerprint density at radius 3 is 2.42 bits per heavy atom. The lowest BCUT2D eigenvalue weighted by molar-refractivity contribution is 1.10. The topological polar surface area (TPSA) is 0 Å². The highest BCUT2D eigenvalue weighted by molar-refractivity contribution is 8.76. The van der Waals surface area contributed by atoms with Gasteiger partial charge in [0.1, 0.15) is 0 Å². The first-order valence-electron chi connectivity index (χ1n) is 4.11. The van der Waals surface area contributed by atoms with E-state index in [1.54, 1.807) is 0 Å². The van der Waals surface area contributed by atoms with Gasteiger partial charge in [-0.2, -0.15) is 0 Å². The predicted octanol–water partition coefficient (Wildman–Crippen LogP) is 3.76. The van der Waals surface area contributed by atoms with E-state index in [2.05, 4.69) is 37.4 Å². The lowest BCUT2D eigenvalue weighted by Crippen LogP contribution is -1.88. The van der Waals surface area contributed by atoms with Crippen LogP contribution in [-0.4, -0.2) is 6.26 Å². The summed E-state index contributed by atoms with van der Waals surface area (Å²) in [5.41, 5.74) is 2.97. The molecule has 12 heavy (non-hydrogen) atoms. The van der Waals surface area contributed by atoms with Crippen molar-refractivity contribution in [2.45, 2.75) is 19.1 Å². The quantitative estimate of drug-likeness (QED) is 0.676. The summed E-state index contributed by atoms with van der Waals surface area (Å²) in [4.78, 5) is 0. The number of hydrogen-bond acceptors (Lipinski definition) is 2. The van der Waals surface area contributed by atoms with Crippen LogP contribution in [0.2, 0.25) is 0 Å². The van der Waals surface area contributed by atoms with Crippen LogP contribution < -0.4 is 0 Å². The number of hydrogen-bond donors (Lipinski definition) is 0. The van der Waals surface area contributed by atoms with Crippen molar-refractivity contribution in [3.63, 3.8) is 0 Å². The first-order valence-corrected chi connectivity index (χ1v) is 6.83. The van der Waals surface area contributed by atoms with E-state index in [9.17, 15) is 0 Å². The van der Waals surface area contributed by atoms with E-state index in [4.69, 9.17) is 0 Å². The fourth-order valence-corrected chi connectivity index (χ4v) is 2.43. The maximum absolute atomic E-state index is 2.22. The van der Waals surface area contributed by atoms with Gasteiger partial charge in [0.25, 0.3) is 0 Å². The average Bonchev–Trinajstić information content (AvgIpc) is 2.15. The average molecular weight is 198 g/mol. The van der Waals surface area contributed by atoms with Crippen LogP contribution >= 0.6 is 21.6 Å². The summed E-state index contributed by atoms with van der Waals surface area (Å²) in [6.07, 6.45) is 3.27. The molecule has 0 heterocycles. The maximum atomic E-state index is 2.22. The van der Waals surface area contributed by atoms with Gasteiger partial charge in [-0.1, -0.05) is 52.8 Å². The van der Waals surface area contributed by atoms with Gasteiger partial charge in [-0.05, 0) is 23.8 Å². The van der Waals surface area contributed by atoms with Crippen molar-refractivity contribution in [3.8, 4) is 0 Å². The zero-order valence-corrected chi connectivity index (χ0v) is 9.17. The summed E-state index contributed by atoms with van der Waals surface area (Å²) in [7, 11) is 3.74. The zero-order valence-electron chi connectivity index (χ0n) is 7.54. The second-order valence-electron chi connectivity index (χ2n) is 2.55. The third-order valence-electron chi connectivity index (χ3n) is 1.83. The summed E-state index contributed by atoms with van der Waals surface area (Å²) in [6, 6.07) is 8.68. The molecule has 0 aliphatic carbocycles. The van der Waals surface area contributed by atoms with E-state index < -0.39 is 0 Å². The lowest BCUT2D eigenvalue weighted by atomic mass is 10.1. The molecule has 0 radical (unpaired) electrons. The van der Waals surface area contributed by atoms with Gasteiger partial charge in [0.05, 0.1) is 0 Å². The standard InChI is InChI=1S/C10H14S2/c1-3-9-6-4-5-7-10(9)8-12-11-2/h4-7H,3,8H2,1-2H3. The van der Waals surface area contributed by atoms with Crippen LogP contribution in [0.25, 0.3) is 0 Å². The first-order chi connectivity index (χ1) is 5.88. The van der Waals surface area contributed by atoms with Crippen molar-refractivity contribution >= 4 is 21.6 Å². The second-order valence-corrected chi connectivity index (χ2v) is 5.12. The highest BCUT2D eigenvalue weighted by Crippen LogP contribution is 2.24. The fraction of sp³-hybridized carbons (Fsp3) is 0.400. The number of rotatable bonds is 4. The minimum atomic E-state index is 1.13. The molecule has 2 heteroatoms. The van der Waals surface area contributed by atoms with Crippen LogP contribution in [0.5, 0.6) is 0 Å². The molecule has 0 spiro atoms. The van der Waals surface area contributed by atoms with Gasteiger partial charge in [-0.25, -0.2) is 0 Å². The van der Waals surface area contributed by atoms with Crippen molar-refractivity contribution in [3.05, 3.63) is 35.4 Å². The number of benzene rings is 1. The summed E-state index contributed by atoms with van der Waals surface area (Å²) in [5.74, 6) is 1.13. The Kier molecular flexibility index (Phi) is 4.62. The molecule has 0 nitrogen and oxygen atoms in total. The van der Waals surface area contributed by atoms with Crippen LogP contribution in [0.15, 0.2) is 24.3 Å². The van der Waals surface area contributed by atoms with Crippen molar-refractivity contribution in [1.82, 2.24) is 0 Å².